The van der Waals surface area contributed by atoms with Gasteiger partial charge in [-0.3, -0.25) is 0 Å². The molecule has 1 aliphatic carbocycles. The van der Waals surface area contributed by atoms with Gasteiger partial charge in [-0.05, 0) is 76.0 Å². The molecule has 0 spiro atoms. The molecule has 13 rings (SSSR count). The second kappa shape index (κ2) is 12.7. The van der Waals surface area contributed by atoms with Crippen LogP contribution >= 0.6 is 0 Å². The van der Waals surface area contributed by atoms with Gasteiger partial charge >= 0.3 is 0 Å². The molecule has 0 bridgehead atoms. The third-order valence-corrected chi connectivity index (χ3v) is 12.4. The van der Waals surface area contributed by atoms with Gasteiger partial charge < -0.3 is 9.13 Å². The van der Waals surface area contributed by atoms with E-state index >= 15 is 0 Å². The predicted octanol–water partition coefficient (Wildman–Crippen LogP) is 14.5. The Bertz CT molecular complexity index is 3700. The van der Waals surface area contributed by atoms with Gasteiger partial charge in [0.1, 0.15) is 0 Å². The number of rotatable bonds is 5. The SMILES string of the molecule is c1ccc(-c2nc(-c3cccc(-n4c5ccccc5c5c(-c6cccc7c6c6ccccc6n7-c6ccccc6)cccc54)c3)c3c(n2)-c2cccc4cccc-3c24)cc1. The smallest absolute Gasteiger partial charge is 0.160 e. The lowest BCUT2D eigenvalue weighted by molar-refractivity contribution is 1.17. The number of hydrogen-bond donors (Lipinski definition) is 0. The van der Waals surface area contributed by atoms with Gasteiger partial charge in [0, 0.05) is 55.2 Å². The molecular weight excluding hydrogens is 729 g/mol. The van der Waals surface area contributed by atoms with Crippen LogP contribution in [0, 0.1) is 0 Å². The second-order valence-corrected chi connectivity index (χ2v) is 15.7. The fourth-order valence-electron chi connectivity index (χ4n) is 10.00. The number of fused-ring (bicyclic) bond motifs is 9. The molecule has 0 amide bonds. The zero-order valence-electron chi connectivity index (χ0n) is 32.4. The summed E-state index contributed by atoms with van der Waals surface area (Å²) < 4.78 is 4.83. The zero-order chi connectivity index (χ0) is 39.3. The van der Waals surface area contributed by atoms with E-state index in [0.29, 0.717) is 0 Å². The molecule has 4 nitrogen and oxygen atoms in total. The van der Waals surface area contributed by atoms with E-state index in [2.05, 4.69) is 209 Å². The summed E-state index contributed by atoms with van der Waals surface area (Å²) in [4.78, 5) is 10.7. The van der Waals surface area contributed by atoms with Crippen molar-refractivity contribution in [2.75, 3.05) is 0 Å². The van der Waals surface area contributed by atoms with Crippen molar-refractivity contribution in [2.24, 2.45) is 0 Å². The van der Waals surface area contributed by atoms with Crippen LogP contribution in [-0.2, 0) is 0 Å². The maximum atomic E-state index is 5.41. The average molecular weight is 763 g/mol. The quantitative estimate of drug-likeness (QED) is 0.175. The minimum absolute atomic E-state index is 0.726. The highest BCUT2D eigenvalue weighted by molar-refractivity contribution is 6.22. The number of nitrogens with zero attached hydrogens (tertiary/aromatic N) is 4. The highest BCUT2D eigenvalue weighted by atomic mass is 15.0. The Morgan fingerprint density at radius 2 is 0.800 bits per heavy atom. The summed E-state index contributed by atoms with van der Waals surface area (Å²) in [5.74, 6) is 0.726. The van der Waals surface area contributed by atoms with E-state index in [4.69, 9.17) is 9.97 Å². The Kier molecular flexibility index (Phi) is 6.98. The Morgan fingerprint density at radius 1 is 0.317 bits per heavy atom. The molecule has 1 aliphatic rings. The lowest BCUT2D eigenvalue weighted by Gasteiger charge is -2.14. The molecule has 12 aromatic rings. The van der Waals surface area contributed by atoms with Crippen LogP contribution in [0.1, 0.15) is 0 Å². The molecule has 9 aromatic carbocycles. The molecule has 0 unspecified atom stereocenters. The number of para-hydroxylation sites is 3. The minimum atomic E-state index is 0.726. The highest BCUT2D eigenvalue weighted by Gasteiger charge is 2.29. The van der Waals surface area contributed by atoms with Crippen LogP contribution in [0.3, 0.4) is 0 Å². The summed E-state index contributed by atoms with van der Waals surface area (Å²) in [7, 11) is 0. The fraction of sp³-hybridized carbons (Fsp3) is 0. The second-order valence-electron chi connectivity index (χ2n) is 15.7. The normalized spacial score (nSPS) is 12.0. The van der Waals surface area contributed by atoms with Crippen LogP contribution < -0.4 is 0 Å². The fourth-order valence-corrected chi connectivity index (χ4v) is 10.00. The largest absolute Gasteiger partial charge is 0.309 e. The van der Waals surface area contributed by atoms with E-state index in [1.807, 2.05) is 6.07 Å². The van der Waals surface area contributed by atoms with Gasteiger partial charge in [-0.1, -0.05) is 158 Å². The molecule has 3 heterocycles. The van der Waals surface area contributed by atoms with Crippen molar-refractivity contribution in [2.45, 2.75) is 0 Å². The van der Waals surface area contributed by atoms with E-state index in [1.54, 1.807) is 0 Å². The van der Waals surface area contributed by atoms with Crippen molar-refractivity contribution < 1.29 is 0 Å². The molecule has 0 saturated carbocycles. The summed E-state index contributed by atoms with van der Waals surface area (Å²) in [5, 5.41) is 7.40. The summed E-state index contributed by atoms with van der Waals surface area (Å²) in [5.41, 5.74) is 16.8. The summed E-state index contributed by atoms with van der Waals surface area (Å²) in [6.45, 7) is 0. The van der Waals surface area contributed by atoms with Crippen LogP contribution in [0.25, 0.3) is 122 Å². The van der Waals surface area contributed by atoms with Crippen LogP contribution in [0.15, 0.2) is 206 Å². The lowest BCUT2D eigenvalue weighted by atomic mass is 9.95. The molecule has 0 aliphatic heterocycles. The first-order valence-corrected chi connectivity index (χ1v) is 20.5. The van der Waals surface area contributed by atoms with E-state index in [9.17, 15) is 0 Å². The molecule has 278 valence electrons. The van der Waals surface area contributed by atoms with Gasteiger partial charge in [0.25, 0.3) is 0 Å². The van der Waals surface area contributed by atoms with Gasteiger partial charge in [-0.2, -0.15) is 0 Å². The molecule has 3 aromatic heterocycles. The first-order valence-electron chi connectivity index (χ1n) is 20.5. The molecule has 60 heavy (non-hydrogen) atoms. The highest BCUT2D eigenvalue weighted by Crippen LogP contribution is 2.51. The molecule has 0 N–H and O–H groups in total. The summed E-state index contributed by atoms with van der Waals surface area (Å²) in [6.07, 6.45) is 0. The Balaban J connectivity index is 1.05. The van der Waals surface area contributed by atoms with Crippen molar-refractivity contribution >= 4 is 54.4 Å². The van der Waals surface area contributed by atoms with Crippen LogP contribution in [0.4, 0.5) is 0 Å². The van der Waals surface area contributed by atoms with Crippen LogP contribution in [-0.4, -0.2) is 19.1 Å². The molecular formula is C56H34N4. The molecule has 0 atom stereocenters. The predicted molar refractivity (Wildman–Crippen MR) is 249 cm³/mol. The van der Waals surface area contributed by atoms with Crippen molar-refractivity contribution in [3.8, 4) is 67.5 Å². The van der Waals surface area contributed by atoms with Gasteiger partial charge in [0.05, 0.1) is 33.5 Å². The standard InChI is InChI=1S/C56H34N4/c1-3-16-36(17-4-1)56-57-54(53-44-28-12-18-35-19-13-29-45(50(35)44)55(53)58-56)37-20-11-23-39(34-37)60-47-31-10-8-25-43(47)52-41(27-15-33-49(52)60)40-26-14-32-48-51(40)42-24-7-9-30-46(42)59(48)38-21-5-2-6-22-38/h1-34H. The van der Waals surface area contributed by atoms with Gasteiger partial charge in [0.2, 0.25) is 0 Å². The summed E-state index contributed by atoms with van der Waals surface area (Å²) >= 11 is 0. The Hall–Kier alpha value is -8.08. The summed E-state index contributed by atoms with van der Waals surface area (Å²) in [6, 6.07) is 74.2. The third kappa shape index (κ3) is 4.67. The molecule has 0 fully saturated rings. The van der Waals surface area contributed by atoms with Crippen LogP contribution in [0.2, 0.25) is 0 Å². The van der Waals surface area contributed by atoms with Gasteiger partial charge in [-0.15, -0.1) is 0 Å². The first kappa shape index (κ1) is 32.9. The van der Waals surface area contributed by atoms with Crippen molar-refractivity contribution in [1.29, 1.82) is 0 Å². The average Bonchev–Trinajstić information content (AvgIpc) is 3.96. The van der Waals surface area contributed by atoms with E-state index in [-0.39, 0.29) is 0 Å². The molecule has 0 saturated heterocycles. The van der Waals surface area contributed by atoms with E-state index < -0.39 is 0 Å². The van der Waals surface area contributed by atoms with E-state index in [1.165, 1.54) is 60.0 Å². The van der Waals surface area contributed by atoms with Crippen molar-refractivity contribution in [3.63, 3.8) is 0 Å². The lowest BCUT2D eigenvalue weighted by Crippen LogP contribution is -1.99. The van der Waals surface area contributed by atoms with Gasteiger partial charge in [-0.25, -0.2) is 9.97 Å². The third-order valence-electron chi connectivity index (χ3n) is 12.4. The van der Waals surface area contributed by atoms with E-state index in [0.717, 1.165) is 61.9 Å². The zero-order valence-corrected chi connectivity index (χ0v) is 32.4. The first-order chi connectivity index (χ1) is 29.8. The number of benzene rings is 9. The topological polar surface area (TPSA) is 35.6 Å². The molecule has 4 heteroatoms. The van der Waals surface area contributed by atoms with Crippen LogP contribution in [0.5, 0.6) is 0 Å². The van der Waals surface area contributed by atoms with Gasteiger partial charge in [0.15, 0.2) is 5.82 Å². The monoisotopic (exact) mass is 762 g/mol. The number of aromatic nitrogens is 4. The van der Waals surface area contributed by atoms with Crippen molar-refractivity contribution in [3.05, 3.63) is 206 Å². The number of hydrogen-bond acceptors (Lipinski definition) is 2. The maximum absolute atomic E-state index is 5.41. The molecule has 0 radical (unpaired) electrons. The Labute approximate surface area is 345 Å². The Morgan fingerprint density at radius 3 is 1.48 bits per heavy atom. The minimum Gasteiger partial charge on any atom is -0.309 e. The van der Waals surface area contributed by atoms with Crippen molar-refractivity contribution in [1.82, 2.24) is 19.1 Å². The maximum Gasteiger partial charge on any atom is 0.160 e.